The van der Waals surface area contributed by atoms with E-state index in [1.165, 1.54) is 13.0 Å². The highest BCUT2D eigenvalue weighted by molar-refractivity contribution is 5.92. The van der Waals surface area contributed by atoms with E-state index in [-0.39, 0.29) is 11.7 Å². The van der Waals surface area contributed by atoms with E-state index in [4.69, 9.17) is 4.74 Å². The lowest BCUT2D eigenvalue weighted by Crippen LogP contribution is -1.90. The van der Waals surface area contributed by atoms with Gasteiger partial charge in [-0.25, -0.2) is 0 Å². The molecule has 0 saturated heterocycles. The molecule has 0 spiro atoms. The van der Waals surface area contributed by atoms with Crippen LogP contribution in [-0.4, -0.2) is 17.5 Å². The van der Waals surface area contributed by atoms with Gasteiger partial charge in [-0.1, -0.05) is 5.16 Å². The van der Waals surface area contributed by atoms with Gasteiger partial charge in [-0.15, -0.1) is 0 Å². The van der Waals surface area contributed by atoms with Gasteiger partial charge in [-0.2, -0.15) is 0 Å². The van der Waals surface area contributed by atoms with Crippen LogP contribution in [0.1, 0.15) is 24.3 Å². The zero-order valence-corrected chi connectivity index (χ0v) is 6.46. The lowest BCUT2D eigenvalue weighted by Gasteiger charge is -1.91. The first-order valence-electron chi connectivity index (χ1n) is 3.34. The summed E-state index contributed by atoms with van der Waals surface area (Å²) in [6, 6.07) is 1.48. The SMILES string of the molecule is CCOc1cc(C(C)=O)no1. The predicted octanol–water partition coefficient (Wildman–Crippen LogP) is 1.28. The number of rotatable bonds is 3. The molecule has 0 aliphatic heterocycles. The number of hydrogen-bond acceptors (Lipinski definition) is 4. The van der Waals surface area contributed by atoms with Crippen molar-refractivity contribution in [3.63, 3.8) is 0 Å². The average Bonchev–Trinajstić information content (AvgIpc) is 2.37. The van der Waals surface area contributed by atoms with Crippen LogP contribution in [0.4, 0.5) is 0 Å². The van der Waals surface area contributed by atoms with Gasteiger partial charge in [0, 0.05) is 6.92 Å². The fraction of sp³-hybridized carbons (Fsp3) is 0.429. The van der Waals surface area contributed by atoms with Gasteiger partial charge in [0.15, 0.2) is 11.5 Å². The van der Waals surface area contributed by atoms with Crippen LogP contribution in [0, 0.1) is 0 Å². The maximum atomic E-state index is 10.7. The summed E-state index contributed by atoms with van der Waals surface area (Å²) in [6.07, 6.45) is 0. The highest BCUT2D eigenvalue weighted by atomic mass is 16.6. The molecule has 11 heavy (non-hydrogen) atoms. The topological polar surface area (TPSA) is 52.3 Å². The molecule has 0 amide bonds. The molecule has 1 aromatic rings. The Kier molecular flexibility index (Phi) is 2.25. The van der Waals surface area contributed by atoms with Crippen LogP contribution in [0.25, 0.3) is 0 Å². The Labute approximate surface area is 64.1 Å². The van der Waals surface area contributed by atoms with E-state index in [9.17, 15) is 4.79 Å². The van der Waals surface area contributed by atoms with Gasteiger partial charge in [-0.05, 0) is 6.92 Å². The van der Waals surface area contributed by atoms with Gasteiger partial charge in [0.25, 0.3) is 0 Å². The third-order valence-corrected chi connectivity index (χ3v) is 1.14. The molecule has 1 heterocycles. The first-order valence-corrected chi connectivity index (χ1v) is 3.34. The first kappa shape index (κ1) is 7.78. The number of carbonyl (C=O) groups excluding carboxylic acids is 1. The van der Waals surface area contributed by atoms with E-state index < -0.39 is 0 Å². The summed E-state index contributed by atoms with van der Waals surface area (Å²) < 4.78 is 9.63. The minimum absolute atomic E-state index is 0.125. The van der Waals surface area contributed by atoms with Gasteiger partial charge in [0.1, 0.15) is 0 Å². The minimum atomic E-state index is -0.125. The molecule has 4 heteroatoms. The Morgan fingerprint density at radius 1 is 1.82 bits per heavy atom. The Bertz CT molecular complexity index is 254. The molecule has 0 atom stereocenters. The van der Waals surface area contributed by atoms with Crippen molar-refractivity contribution in [3.05, 3.63) is 11.8 Å². The quantitative estimate of drug-likeness (QED) is 0.617. The molecule has 4 nitrogen and oxygen atoms in total. The summed E-state index contributed by atoms with van der Waals surface area (Å²) in [5.41, 5.74) is 0.299. The molecule has 1 aromatic heterocycles. The second-order valence-electron chi connectivity index (χ2n) is 2.02. The van der Waals surface area contributed by atoms with Crippen molar-refractivity contribution in [2.75, 3.05) is 6.61 Å². The molecule has 0 N–H and O–H groups in total. The highest BCUT2D eigenvalue weighted by Crippen LogP contribution is 2.12. The molecule has 60 valence electrons. The molecule has 1 rings (SSSR count). The monoisotopic (exact) mass is 155 g/mol. The Hall–Kier alpha value is -1.32. The van der Waals surface area contributed by atoms with Crippen LogP contribution in [0.5, 0.6) is 5.95 Å². The fourth-order valence-electron chi connectivity index (χ4n) is 0.635. The Balaban J connectivity index is 2.73. The van der Waals surface area contributed by atoms with Gasteiger partial charge < -0.3 is 9.26 Å². The molecule has 0 unspecified atom stereocenters. The zero-order valence-electron chi connectivity index (χ0n) is 6.46. The van der Waals surface area contributed by atoms with E-state index in [1.54, 1.807) is 0 Å². The Morgan fingerprint density at radius 3 is 3.00 bits per heavy atom. The van der Waals surface area contributed by atoms with Crippen molar-refractivity contribution in [2.24, 2.45) is 0 Å². The number of Topliss-reactive ketones (excluding diaryl/α,β-unsaturated/α-hetero) is 1. The van der Waals surface area contributed by atoms with Crippen LogP contribution < -0.4 is 4.74 Å². The van der Waals surface area contributed by atoms with Crippen LogP contribution in [-0.2, 0) is 0 Å². The van der Waals surface area contributed by atoms with Crippen molar-refractivity contribution >= 4 is 5.78 Å². The van der Waals surface area contributed by atoms with E-state index in [0.717, 1.165) is 0 Å². The third-order valence-electron chi connectivity index (χ3n) is 1.14. The number of ether oxygens (including phenoxy) is 1. The molecule has 0 saturated carbocycles. The number of aromatic nitrogens is 1. The molecule has 0 aromatic carbocycles. The lowest BCUT2D eigenvalue weighted by molar-refractivity contribution is 0.100. The van der Waals surface area contributed by atoms with Gasteiger partial charge >= 0.3 is 5.95 Å². The smallest absolute Gasteiger partial charge is 0.311 e. The van der Waals surface area contributed by atoms with Crippen molar-refractivity contribution in [1.29, 1.82) is 0 Å². The number of nitrogens with zero attached hydrogens (tertiary/aromatic N) is 1. The molecule has 0 radical (unpaired) electrons. The highest BCUT2D eigenvalue weighted by Gasteiger charge is 2.07. The summed E-state index contributed by atoms with van der Waals surface area (Å²) in [5, 5.41) is 3.48. The van der Waals surface area contributed by atoms with E-state index in [2.05, 4.69) is 9.68 Å². The molecular formula is C7H9NO3. The van der Waals surface area contributed by atoms with Gasteiger partial charge in [0.2, 0.25) is 0 Å². The standard InChI is InChI=1S/C7H9NO3/c1-3-10-7-4-6(5(2)9)8-11-7/h4H,3H2,1-2H3. The number of ketones is 1. The minimum Gasteiger partial charge on any atom is -0.464 e. The average molecular weight is 155 g/mol. The molecule has 0 fully saturated rings. The summed E-state index contributed by atoms with van der Waals surface area (Å²) in [4.78, 5) is 10.7. The molecule has 0 aliphatic carbocycles. The van der Waals surface area contributed by atoms with Crippen molar-refractivity contribution in [3.8, 4) is 5.95 Å². The van der Waals surface area contributed by atoms with E-state index in [1.807, 2.05) is 6.92 Å². The van der Waals surface area contributed by atoms with E-state index in [0.29, 0.717) is 12.3 Å². The van der Waals surface area contributed by atoms with Crippen molar-refractivity contribution < 1.29 is 14.1 Å². The largest absolute Gasteiger partial charge is 0.464 e. The lowest BCUT2D eigenvalue weighted by atomic mass is 10.3. The third kappa shape index (κ3) is 1.80. The first-order chi connectivity index (χ1) is 5.24. The maximum Gasteiger partial charge on any atom is 0.311 e. The molecule has 0 bridgehead atoms. The molecular weight excluding hydrogens is 146 g/mol. The predicted molar refractivity (Wildman–Crippen MR) is 37.7 cm³/mol. The summed E-state index contributed by atoms with van der Waals surface area (Å²) in [7, 11) is 0. The zero-order chi connectivity index (χ0) is 8.27. The van der Waals surface area contributed by atoms with Crippen molar-refractivity contribution in [1.82, 2.24) is 5.16 Å². The van der Waals surface area contributed by atoms with E-state index >= 15 is 0 Å². The van der Waals surface area contributed by atoms with Gasteiger partial charge in [0.05, 0.1) is 12.7 Å². The number of carbonyl (C=O) groups is 1. The van der Waals surface area contributed by atoms with Gasteiger partial charge in [-0.3, -0.25) is 4.79 Å². The fourth-order valence-corrected chi connectivity index (χ4v) is 0.635. The normalized spacial score (nSPS) is 9.64. The Morgan fingerprint density at radius 2 is 2.55 bits per heavy atom. The maximum absolute atomic E-state index is 10.7. The summed E-state index contributed by atoms with van der Waals surface area (Å²) in [5.74, 6) is 0.164. The molecule has 0 aliphatic rings. The number of hydrogen-bond donors (Lipinski definition) is 0. The van der Waals surface area contributed by atoms with Crippen LogP contribution in [0.2, 0.25) is 0 Å². The van der Waals surface area contributed by atoms with Crippen molar-refractivity contribution in [2.45, 2.75) is 13.8 Å². The summed E-state index contributed by atoms with van der Waals surface area (Å²) >= 11 is 0. The second kappa shape index (κ2) is 3.18. The van der Waals surface area contributed by atoms with Crippen LogP contribution >= 0.6 is 0 Å². The summed E-state index contributed by atoms with van der Waals surface area (Å²) in [6.45, 7) is 3.76. The van der Waals surface area contributed by atoms with Crippen LogP contribution in [0.15, 0.2) is 10.6 Å². The van der Waals surface area contributed by atoms with Crippen LogP contribution in [0.3, 0.4) is 0 Å². The second-order valence-corrected chi connectivity index (χ2v) is 2.02.